The van der Waals surface area contributed by atoms with Crippen LogP contribution in [-0.2, 0) is 19.3 Å². The molecule has 1 N–H and O–H groups in total. The van der Waals surface area contributed by atoms with Crippen molar-refractivity contribution >= 4 is 27.4 Å². The van der Waals surface area contributed by atoms with Crippen molar-refractivity contribution in [2.75, 3.05) is 18.0 Å². The number of rotatable bonds is 3. The summed E-state index contributed by atoms with van der Waals surface area (Å²) in [6, 6.07) is 1.95. The monoisotopic (exact) mass is 370 g/mol. The molecule has 1 aliphatic heterocycles. The third-order valence-corrected chi connectivity index (χ3v) is 6.78. The Morgan fingerprint density at radius 1 is 1.27 bits per heavy atom. The van der Waals surface area contributed by atoms with E-state index in [1.807, 2.05) is 24.3 Å². The Morgan fingerprint density at radius 3 is 3.00 bits per heavy atom. The summed E-state index contributed by atoms with van der Waals surface area (Å²) >= 11 is 1.82. The van der Waals surface area contributed by atoms with Gasteiger partial charge >= 0.3 is 0 Å². The SMILES string of the molecule is Cc1cc(C[C@@H]2CN(c3ncnc4sc5c(c34)CCCC5)C[C@@H]2O)on1. The van der Waals surface area contributed by atoms with E-state index in [0.717, 1.165) is 41.5 Å². The molecule has 26 heavy (non-hydrogen) atoms. The number of fused-ring (bicyclic) bond motifs is 3. The van der Waals surface area contributed by atoms with E-state index in [9.17, 15) is 5.11 Å². The van der Waals surface area contributed by atoms with Gasteiger partial charge in [0, 0.05) is 36.4 Å². The van der Waals surface area contributed by atoms with Crippen LogP contribution in [0.3, 0.4) is 0 Å². The normalized spacial score (nSPS) is 22.9. The van der Waals surface area contributed by atoms with Gasteiger partial charge in [-0.3, -0.25) is 0 Å². The molecule has 5 rings (SSSR count). The zero-order chi connectivity index (χ0) is 17.7. The minimum Gasteiger partial charge on any atom is -0.391 e. The Bertz CT molecular complexity index is 950. The number of thiophene rings is 1. The number of hydrogen-bond acceptors (Lipinski definition) is 7. The van der Waals surface area contributed by atoms with Crippen LogP contribution < -0.4 is 4.90 Å². The van der Waals surface area contributed by atoms with Crippen molar-refractivity contribution in [3.8, 4) is 0 Å². The van der Waals surface area contributed by atoms with Crippen LogP contribution >= 0.6 is 11.3 Å². The van der Waals surface area contributed by atoms with E-state index >= 15 is 0 Å². The number of β-amino-alcohol motifs (C(OH)–C–C–N with tert-alkyl or cyclic N) is 1. The molecule has 7 heteroatoms. The summed E-state index contributed by atoms with van der Waals surface area (Å²) < 4.78 is 5.34. The van der Waals surface area contributed by atoms with Crippen LogP contribution in [0.2, 0.25) is 0 Å². The largest absolute Gasteiger partial charge is 0.391 e. The van der Waals surface area contributed by atoms with Crippen LogP contribution in [-0.4, -0.2) is 39.4 Å². The summed E-state index contributed by atoms with van der Waals surface area (Å²) in [6.45, 7) is 3.30. The fraction of sp³-hybridized carbons (Fsp3) is 0.526. The molecule has 3 aromatic rings. The maximum Gasteiger partial charge on any atom is 0.141 e. The van der Waals surface area contributed by atoms with Crippen LogP contribution in [0.5, 0.6) is 0 Å². The first-order valence-corrected chi connectivity index (χ1v) is 10.1. The highest BCUT2D eigenvalue weighted by Crippen LogP contribution is 2.40. The van der Waals surface area contributed by atoms with Crippen molar-refractivity contribution in [3.63, 3.8) is 0 Å². The van der Waals surface area contributed by atoms with E-state index < -0.39 is 0 Å². The molecule has 0 amide bonds. The first-order chi connectivity index (χ1) is 12.7. The minimum atomic E-state index is -0.389. The molecule has 0 aromatic carbocycles. The zero-order valence-corrected chi connectivity index (χ0v) is 15.6. The van der Waals surface area contributed by atoms with Gasteiger partial charge in [0.05, 0.1) is 17.2 Å². The average Bonchev–Trinajstić information content (AvgIpc) is 3.32. The lowest BCUT2D eigenvalue weighted by Crippen LogP contribution is -2.22. The first kappa shape index (κ1) is 16.2. The van der Waals surface area contributed by atoms with Crippen molar-refractivity contribution in [2.45, 2.75) is 45.1 Å². The minimum absolute atomic E-state index is 0.127. The van der Waals surface area contributed by atoms with E-state index in [1.165, 1.54) is 28.7 Å². The Morgan fingerprint density at radius 2 is 2.15 bits per heavy atom. The smallest absolute Gasteiger partial charge is 0.141 e. The fourth-order valence-electron chi connectivity index (χ4n) is 4.31. The van der Waals surface area contributed by atoms with Crippen molar-refractivity contribution in [2.24, 2.45) is 5.92 Å². The molecule has 0 spiro atoms. The van der Waals surface area contributed by atoms with E-state index in [4.69, 9.17) is 4.52 Å². The van der Waals surface area contributed by atoms with Gasteiger partial charge in [0.2, 0.25) is 0 Å². The van der Waals surface area contributed by atoms with Gasteiger partial charge in [0.25, 0.3) is 0 Å². The number of aromatic nitrogens is 3. The van der Waals surface area contributed by atoms with E-state index in [-0.39, 0.29) is 12.0 Å². The zero-order valence-electron chi connectivity index (χ0n) is 14.8. The molecule has 0 unspecified atom stereocenters. The predicted octanol–water partition coefficient (Wildman–Crippen LogP) is 2.91. The van der Waals surface area contributed by atoms with Crippen LogP contribution in [0.1, 0.15) is 34.7 Å². The van der Waals surface area contributed by atoms with E-state index in [0.29, 0.717) is 13.0 Å². The number of aliphatic hydroxyl groups excluding tert-OH is 1. The highest BCUT2D eigenvalue weighted by atomic mass is 32.1. The van der Waals surface area contributed by atoms with Crippen molar-refractivity contribution in [3.05, 3.63) is 34.3 Å². The van der Waals surface area contributed by atoms with Crippen LogP contribution in [0.15, 0.2) is 16.9 Å². The van der Waals surface area contributed by atoms with E-state index in [2.05, 4.69) is 20.0 Å². The van der Waals surface area contributed by atoms with Gasteiger partial charge in [0.15, 0.2) is 0 Å². The second-order valence-electron chi connectivity index (χ2n) is 7.46. The molecule has 136 valence electrons. The van der Waals surface area contributed by atoms with Gasteiger partial charge in [-0.25, -0.2) is 9.97 Å². The molecule has 6 nitrogen and oxygen atoms in total. The van der Waals surface area contributed by atoms with Crippen LogP contribution in [0.4, 0.5) is 5.82 Å². The molecule has 0 bridgehead atoms. The molecular weight excluding hydrogens is 348 g/mol. The molecule has 1 saturated heterocycles. The molecule has 1 aliphatic carbocycles. The lowest BCUT2D eigenvalue weighted by molar-refractivity contribution is 0.143. The Hall–Kier alpha value is -1.99. The van der Waals surface area contributed by atoms with Crippen molar-refractivity contribution < 1.29 is 9.63 Å². The quantitative estimate of drug-likeness (QED) is 0.764. The number of nitrogens with zero attached hydrogens (tertiary/aromatic N) is 4. The molecule has 1 fully saturated rings. The molecule has 0 radical (unpaired) electrons. The molecule has 0 saturated carbocycles. The van der Waals surface area contributed by atoms with Gasteiger partial charge in [-0.05, 0) is 38.2 Å². The van der Waals surface area contributed by atoms with Gasteiger partial charge in [-0.1, -0.05) is 5.16 Å². The summed E-state index contributed by atoms with van der Waals surface area (Å²) in [5.41, 5.74) is 2.32. The second-order valence-corrected chi connectivity index (χ2v) is 8.54. The van der Waals surface area contributed by atoms with Gasteiger partial charge in [-0.15, -0.1) is 11.3 Å². The van der Waals surface area contributed by atoms with Crippen LogP contribution in [0.25, 0.3) is 10.2 Å². The number of aliphatic hydroxyl groups is 1. The Labute approximate surface area is 155 Å². The van der Waals surface area contributed by atoms with E-state index in [1.54, 1.807) is 6.33 Å². The highest BCUT2D eigenvalue weighted by Gasteiger charge is 2.34. The summed E-state index contributed by atoms with van der Waals surface area (Å²) in [7, 11) is 0. The Kier molecular flexibility index (Phi) is 3.94. The van der Waals surface area contributed by atoms with Crippen molar-refractivity contribution in [1.82, 2.24) is 15.1 Å². The standard InChI is InChI=1S/C19H22N4O2S/c1-11-6-13(25-22-11)7-12-8-23(9-15(12)24)18-17-14-4-2-3-5-16(14)26-19(17)21-10-20-18/h6,10,12,15,24H,2-5,7-9H2,1H3/t12-,15+/m1/s1. The van der Waals surface area contributed by atoms with Crippen molar-refractivity contribution in [1.29, 1.82) is 0 Å². The Balaban J connectivity index is 1.46. The third kappa shape index (κ3) is 2.70. The van der Waals surface area contributed by atoms with Gasteiger partial charge in [-0.2, -0.15) is 0 Å². The van der Waals surface area contributed by atoms with Crippen LogP contribution in [0, 0.1) is 12.8 Å². The maximum atomic E-state index is 10.6. The molecule has 4 heterocycles. The molecule has 3 aromatic heterocycles. The number of hydrogen-bond donors (Lipinski definition) is 1. The fourth-order valence-corrected chi connectivity index (χ4v) is 5.54. The molecular formula is C19H22N4O2S. The lowest BCUT2D eigenvalue weighted by atomic mass is 9.97. The van der Waals surface area contributed by atoms with Gasteiger partial charge in [0.1, 0.15) is 22.7 Å². The maximum absolute atomic E-state index is 10.6. The number of anilines is 1. The van der Waals surface area contributed by atoms with Gasteiger partial charge < -0.3 is 14.5 Å². The highest BCUT2D eigenvalue weighted by molar-refractivity contribution is 7.19. The predicted molar refractivity (Wildman–Crippen MR) is 101 cm³/mol. The summed E-state index contributed by atoms with van der Waals surface area (Å²) in [5, 5.41) is 15.8. The summed E-state index contributed by atoms with van der Waals surface area (Å²) in [5.74, 6) is 1.96. The average molecular weight is 370 g/mol. The second kappa shape index (κ2) is 6.32. The number of aryl methyl sites for hydroxylation is 3. The summed E-state index contributed by atoms with van der Waals surface area (Å²) in [6.07, 6.45) is 6.76. The lowest BCUT2D eigenvalue weighted by Gasteiger charge is -2.19. The molecule has 2 atom stereocenters. The summed E-state index contributed by atoms with van der Waals surface area (Å²) in [4.78, 5) is 13.9. The molecule has 2 aliphatic rings. The topological polar surface area (TPSA) is 75.3 Å². The third-order valence-electron chi connectivity index (χ3n) is 5.58. The first-order valence-electron chi connectivity index (χ1n) is 9.29.